The lowest BCUT2D eigenvalue weighted by atomic mass is 9.82. The molecule has 2 fully saturated rings. The number of rotatable bonds is 5. The Bertz CT molecular complexity index is 694. The lowest BCUT2D eigenvalue weighted by Gasteiger charge is -2.34. The number of amides is 1. The molecule has 1 saturated heterocycles. The lowest BCUT2D eigenvalue weighted by Crippen LogP contribution is -2.48. The van der Waals surface area contributed by atoms with Gasteiger partial charge in [-0.15, -0.1) is 0 Å². The van der Waals surface area contributed by atoms with Crippen LogP contribution in [0.1, 0.15) is 24.8 Å². The predicted octanol–water partition coefficient (Wildman–Crippen LogP) is 2.29. The van der Waals surface area contributed by atoms with Crippen LogP contribution in [0.5, 0.6) is 0 Å². The zero-order valence-electron chi connectivity index (χ0n) is 14.9. The zero-order valence-corrected chi connectivity index (χ0v) is 14.9. The number of carboxylic acid groups (broad SMARTS) is 1. The van der Waals surface area contributed by atoms with Crippen molar-refractivity contribution in [2.75, 3.05) is 13.1 Å². The number of aliphatic carboxylic acids is 1. The number of carboxylic acids is 1. The number of hydrogen-bond donors (Lipinski definition) is 2. The predicted molar refractivity (Wildman–Crippen MR) is 98.2 cm³/mol. The lowest BCUT2D eigenvalue weighted by molar-refractivity contribution is -0.148. The Morgan fingerprint density at radius 3 is 2.35 bits per heavy atom. The van der Waals surface area contributed by atoms with Crippen LogP contribution in [0.3, 0.4) is 0 Å². The van der Waals surface area contributed by atoms with Gasteiger partial charge in [0.15, 0.2) is 0 Å². The average Bonchev–Trinajstić information content (AvgIpc) is 3.25. The molecule has 2 bridgehead atoms. The monoisotopic (exact) mass is 354 g/mol. The van der Waals surface area contributed by atoms with Gasteiger partial charge in [-0.1, -0.05) is 42.5 Å². The summed E-state index contributed by atoms with van der Waals surface area (Å²) in [6.45, 7) is 2.86. The summed E-state index contributed by atoms with van der Waals surface area (Å²) in [5.74, 6) is -1.72. The second kappa shape index (κ2) is 7.23. The van der Waals surface area contributed by atoms with Crippen LogP contribution in [0.25, 0.3) is 0 Å². The summed E-state index contributed by atoms with van der Waals surface area (Å²) in [4.78, 5) is 26.8. The molecule has 1 amide bonds. The zero-order chi connectivity index (χ0) is 18.1. The van der Waals surface area contributed by atoms with Crippen LogP contribution < -0.4 is 5.32 Å². The molecular formula is C21H26N2O3. The van der Waals surface area contributed by atoms with Gasteiger partial charge in [0.05, 0.1) is 11.8 Å². The summed E-state index contributed by atoms with van der Waals surface area (Å²) < 4.78 is 0. The van der Waals surface area contributed by atoms with Crippen molar-refractivity contribution in [2.45, 2.75) is 31.8 Å². The Balaban J connectivity index is 1.30. The first-order chi connectivity index (χ1) is 12.6. The van der Waals surface area contributed by atoms with E-state index in [2.05, 4.69) is 34.5 Å². The molecule has 0 unspecified atom stereocenters. The summed E-state index contributed by atoms with van der Waals surface area (Å²) in [5, 5.41) is 12.7. The highest BCUT2D eigenvalue weighted by molar-refractivity contribution is 5.87. The molecule has 1 saturated carbocycles. The standard InChI is InChI=1S/C21H26N2O3/c24-20(18-15-6-7-16(12-15)19(18)21(25)26)22-17-8-10-23(11-9-17)13-14-4-2-1-3-5-14/h1-7,15-19H,8-13H2,(H,22,24)(H,25,26)/t15-,16+,18+,19+/m0/s1. The number of nitrogens with zero attached hydrogens (tertiary/aromatic N) is 1. The first kappa shape index (κ1) is 17.3. The van der Waals surface area contributed by atoms with Gasteiger partial charge in [0.25, 0.3) is 0 Å². The third-order valence-corrected chi connectivity index (χ3v) is 6.23. The van der Waals surface area contributed by atoms with Crippen LogP contribution in [0.4, 0.5) is 0 Å². The Kier molecular flexibility index (Phi) is 4.81. The van der Waals surface area contributed by atoms with Crippen molar-refractivity contribution in [1.29, 1.82) is 0 Å². The van der Waals surface area contributed by atoms with E-state index < -0.39 is 17.8 Å². The summed E-state index contributed by atoms with van der Waals surface area (Å²) >= 11 is 0. The molecule has 3 aliphatic rings. The largest absolute Gasteiger partial charge is 0.481 e. The third-order valence-electron chi connectivity index (χ3n) is 6.23. The van der Waals surface area contributed by atoms with E-state index in [4.69, 9.17) is 0 Å². The summed E-state index contributed by atoms with van der Waals surface area (Å²) in [6, 6.07) is 10.6. The molecule has 0 radical (unpaired) electrons. The van der Waals surface area contributed by atoms with Crippen LogP contribution in [-0.4, -0.2) is 41.0 Å². The van der Waals surface area contributed by atoms with E-state index in [0.29, 0.717) is 0 Å². The number of piperidine rings is 1. The van der Waals surface area contributed by atoms with Gasteiger partial charge in [0.1, 0.15) is 0 Å². The second-order valence-electron chi connectivity index (χ2n) is 7.88. The molecule has 1 aromatic rings. The first-order valence-corrected chi connectivity index (χ1v) is 9.59. The van der Waals surface area contributed by atoms with E-state index in [1.54, 1.807) is 0 Å². The smallest absolute Gasteiger partial charge is 0.307 e. The van der Waals surface area contributed by atoms with Gasteiger partial charge < -0.3 is 10.4 Å². The number of benzene rings is 1. The number of likely N-dealkylation sites (tertiary alicyclic amines) is 1. The quantitative estimate of drug-likeness (QED) is 0.796. The molecular weight excluding hydrogens is 328 g/mol. The average molecular weight is 354 g/mol. The molecule has 5 heteroatoms. The van der Waals surface area contributed by atoms with Gasteiger partial charge in [0, 0.05) is 25.7 Å². The minimum Gasteiger partial charge on any atom is -0.481 e. The van der Waals surface area contributed by atoms with Crippen molar-refractivity contribution in [3.63, 3.8) is 0 Å². The Hall–Kier alpha value is -2.14. The molecule has 2 N–H and O–H groups in total. The van der Waals surface area contributed by atoms with Gasteiger partial charge in [-0.25, -0.2) is 0 Å². The maximum atomic E-state index is 12.8. The highest BCUT2D eigenvalue weighted by Gasteiger charge is 2.51. The summed E-state index contributed by atoms with van der Waals surface area (Å²) in [5.41, 5.74) is 1.31. The van der Waals surface area contributed by atoms with Crippen molar-refractivity contribution in [1.82, 2.24) is 10.2 Å². The molecule has 2 aliphatic carbocycles. The first-order valence-electron chi connectivity index (χ1n) is 9.59. The normalized spacial score (nSPS) is 31.2. The number of allylic oxidation sites excluding steroid dienone is 2. The van der Waals surface area contributed by atoms with Crippen molar-refractivity contribution < 1.29 is 14.7 Å². The Labute approximate surface area is 154 Å². The molecule has 0 spiro atoms. The van der Waals surface area contributed by atoms with E-state index in [1.807, 2.05) is 18.2 Å². The Morgan fingerprint density at radius 2 is 1.69 bits per heavy atom. The van der Waals surface area contributed by atoms with Gasteiger partial charge in [0.2, 0.25) is 5.91 Å². The number of nitrogens with one attached hydrogen (secondary N) is 1. The fourth-order valence-electron chi connectivity index (χ4n) is 4.89. The van der Waals surface area contributed by atoms with Crippen molar-refractivity contribution >= 4 is 11.9 Å². The minimum atomic E-state index is -0.834. The number of hydrogen-bond acceptors (Lipinski definition) is 3. The van der Waals surface area contributed by atoms with Crippen molar-refractivity contribution in [2.24, 2.45) is 23.7 Å². The van der Waals surface area contributed by atoms with Gasteiger partial charge in [-0.05, 0) is 36.7 Å². The molecule has 0 aromatic heterocycles. The van der Waals surface area contributed by atoms with Crippen LogP contribution in [-0.2, 0) is 16.1 Å². The van der Waals surface area contributed by atoms with Gasteiger partial charge >= 0.3 is 5.97 Å². The molecule has 138 valence electrons. The van der Waals surface area contributed by atoms with E-state index in [1.165, 1.54) is 5.56 Å². The summed E-state index contributed by atoms with van der Waals surface area (Å²) in [7, 11) is 0. The SMILES string of the molecule is O=C(O)[C@H]1[C@H](C(=O)NC2CCN(Cc3ccccc3)CC2)[C@H]2C=C[C@@H]1C2. The van der Waals surface area contributed by atoms with Gasteiger partial charge in [-0.2, -0.15) is 0 Å². The van der Waals surface area contributed by atoms with E-state index in [9.17, 15) is 14.7 Å². The fraction of sp³-hybridized carbons (Fsp3) is 0.524. The number of carbonyl (C=O) groups is 2. The Morgan fingerprint density at radius 1 is 1.04 bits per heavy atom. The highest BCUT2D eigenvalue weighted by Crippen LogP contribution is 2.48. The number of fused-ring (bicyclic) bond motifs is 2. The molecule has 4 atom stereocenters. The van der Waals surface area contributed by atoms with E-state index in [0.717, 1.165) is 38.9 Å². The molecule has 1 heterocycles. The topological polar surface area (TPSA) is 69.6 Å². The van der Waals surface area contributed by atoms with Crippen molar-refractivity contribution in [3.8, 4) is 0 Å². The second-order valence-corrected chi connectivity index (χ2v) is 7.88. The van der Waals surface area contributed by atoms with Crippen LogP contribution in [0.15, 0.2) is 42.5 Å². The maximum Gasteiger partial charge on any atom is 0.307 e. The van der Waals surface area contributed by atoms with Crippen LogP contribution >= 0.6 is 0 Å². The number of carbonyl (C=O) groups excluding carboxylic acids is 1. The molecule has 1 aliphatic heterocycles. The minimum absolute atomic E-state index is 0.0287. The van der Waals surface area contributed by atoms with E-state index >= 15 is 0 Å². The van der Waals surface area contributed by atoms with E-state index in [-0.39, 0.29) is 23.8 Å². The molecule has 1 aromatic carbocycles. The molecule has 5 nitrogen and oxygen atoms in total. The van der Waals surface area contributed by atoms with Crippen LogP contribution in [0.2, 0.25) is 0 Å². The fourth-order valence-corrected chi connectivity index (χ4v) is 4.89. The van der Waals surface area contributed by atoms with Crippen molar-refractivity contribution in [3.05, 3.63) is 48.0 Å². The summed E-state index contributed by atoms with van der Waals surface area (Å²) in [6.07, 6.45) is 6.68. The third kappa shape index (κ3) is 3.40. The molecule has 4 rings (SSSR count). The molecule has 26 heavy (non-hydrogen) atoms. The highest BCUT2D eigenvalue weighted by atomic mass is 16.4. The van der Waals surface area contributed by atoms with Crippen LogP contribution in [0, 0.1) is 23.7 Å². The maximum absolute atomic E-state index is 12.8. The van der Waals surface area contributed by atoms with Gasteiger partial charge in [-0.3, -0.25) is 14.5 Å².